The Balaban J connectivity index is 1.65. The number of hydrogen-bond donors (Lipinski definition) is 0. The number of methoxy groups -OCH3 is 1. The molecule has 3 nitrogen and oxygen atoms in total. The zero-order valence-corrected chi connectivity index (χ0v) is 14.1. The number of carbonyl (C=O) groups is 1. The van der Waals surface area contributed by atoms with E-state index in [9.17, 15) is 4.79 Å². The second kappa shape index (κ2) is 8.66. The average molecular weight is 355 g/mol. The van der Waals surface area contributed by atoms with Gasteiger partial charge in [-0.05, 0) is 44.2 Å². The lowest BCUT2D eigenvalue weighted by Crippen LogP contribution is -2.27. The second-order valence-corrected chi connectivity index (χ2v) is 6.47. The third-order valence-electron chi connectivity index (χ3n) is 3.98. The molecule has 0 saturated heterocycles. The summed E-state index contributed by atoms with van der Waals surface area (Å²) in [5, 5.41) is 0. The van der Waals surface area contributed by atoms with Crippen molar-refractivity contribution >= 4 is 21.7 Å². The summed E-state index contributed by atoms with van der Waals surface area (Å²) >= 11 is 3.37. The number of benzene rings is 1. The Hall–Kier alpha value is -0.710. The molecule has 1 aliphatic carbocycles. The van der Waals surface area contributed by atoms with Crippen LogP contribution in [-0.4, -0.2) is 31.7 Å². The van der Waals surface area contributed by atoms with Gasteiger partial charge >= 0.3 is 0 Å². The molecule has 1 fully saturated rings. The highest BCUT2D eigenvalue weighted by Gasteiger charge is 2.21. The highest BCUT2D eigenvalue weighted by atomic mass is 79.9. The highest BCUT2D eigenvalue weighted by molar-refractivity contribution is 9.10. The van der Waals surface area contributed by atoms with Crippen molar-refractivity contribution in [1.29, 1.82) is 0 Å². The Labute approximate surface area is 135 Å². The molecule has 0 aliphatic heterocycles. The predicted molar refractivity (Wildman–Crippen MR) is 86.7 cm³/mol. The minimum Gasteiger partial charge on any atom is -0.381 e. The Kier molecular flexibility index (Phi) is 6.87. The summed E-state index contributed by atoms with van der Waals surface area (Å²) < 4.78 is 12.3. The fraction of sp³-hybridized carbons (Fsp3) is 0.588. The zero-order chi connectivity index (χ0) is 15.1. The van der Waals surface area contributed by atoms with Gasteiger partial charge in [-0.1, -0.05) is 28.1 Å². The van der Waals surface area contributed by atoms with Crippen molar-refractivity contribution in [3.63, 3.8) is 0 Å². The van der Waals surface area contributed by atoms with E-state index in [1.165, 1.54) is 6.42 Å². The lowest BCUT2D eigenvalue weighted by molar-refractivity contribution is -0.0300. The molecule has 116 valence electrons. The van der Waals surface area contributed by atoms with Crippen LogP contribution in [0.25, 0.3) is 0 Å². The fourth-order valence-corrected chi connectivity index (χ4v) is 2.99. The molecule has 0 aromatic heterocycles. The van der Waals surface area contributed by atoms with Gasteiger partial charge in [0.15, 0.2) is 5.78 Å². The number of carbonyl (C=O) groups excluding carboxylic acids is 1. The Morgan fingerprint density at radius 1 is 1.24 bits per heavy atom. The van der Waals surface area contributed by atoms with Crippen molar-refractivity contribution in [1.82, 2.24) is 0 Å². The van der Waals surface area contributed by atoms with Crippen LogP contribution in [0.15, 0.2) is 28.7 Å². The summed E-state index contributed by atoms with van der Waals surface area (Å²) in [6.07, 6.45) is 6.36. The third kappa shape index (κ3) is 5.53. The largest absolute Gasteiger partial charge is 0.381 e. The lowest BCUT2D eigenvalue weighted by atomic mass is 9.95. The normalized spacial score (nSPS) is 22.2. The van der Waals surface area contributed by atoms with Gasteiger partial charge in [0, 0.05) is 30.2 Å². The first kappa shape index (κ1) is 16.7. The predicted octanol–water partition coefficient (Wildman–Crippen LogP) is 4.39. The summed E-state index contributed by atoms with van der Waals surface area (Å²) in [6, 6.07) is 7.52. The Morgan fingerprint density at radius 2 is 1.95 bits per heavy atom. The number of ether oxygens (including phenoxy) is 2. The number of rotatable bonds is 7. The molecule has 2 unspecified atom stereocenters. The van der Waals surface area contributed by atoms with E-state index in [1.54, 1.807) is 7.11 Å². The van der Waals surface area contributed by atoms with E-state index in [0.717, 1.165) is 35.7 Å². The SMILES string of the molecule is COC1CCCC(OCCCC(=O)c2ccc(Br)cc2)C1. The molecule has 21 heavy (non-hydrogen) atoms. The molecule has 0 bridgehead atoms. The molecular formula is C17H23BrO3. The third-order valence-corrected chi connectivity index (χ3v) is 4.51. The minimum absolute atomic E-state index is 0.185. The maximum Gasteiger partial charge on any atom is 0.162 e. The highest BCUT2D eigenvalue weighted by Crippen LogP contribution is 2.23. The molecule has 1 saturated carbocycles. The van der Waals surface area contributed by atoms with Crippen LogP contribution in [-0.2, 0) is 9.47 Å². The molecule has 0 spiro atoms. The van der Waals surface area contributed by atoms with E-state index in [0.29, 0.717) is 25.2 Å². The van der Waals surface area contributed by atoms with Crippen molar-refractivity contribution in [2.24, 2.45) is 0 Å². The van der Waals surface area contributed by atoms with Gasteiger partial charge in [-0.15, -0.1) is 0 Å². The maximum absolute atomic E-state index is 12.0. The van der Waals surface area contributed by atoms with E-state index in [4.69, 9.17) is 9.47 Å². The molecule has 1 aromatic carbocycles. The molecule has 2 atom stereocenters. The van der Waals surface area contributed by atoms with Crippen LogP contribution in [0.4, 0.5) is 0 Å². The standard InChI is InChI=1S/C17H23BrO3/c1-20-15-4-2-5-16(12-15)21-11-3-6-17(19)13-7-9-14(18)10-8-13/h7-10,15-16H,2-6,11-12H2,1H3. The summed E-state index contributed by atoms with van der Waals surface area (Å²) in [7, 11) is 1.77. The van der Waals surface area contributed by atoms with E-state index < -0.39 is 0 Å². The van der Waals surface area contributed by atoms with Crippen LogP contribution in [0.3, 0.4) is 0 Å². The quantitative estimate of drug-likeness (QED) is 0.538. The first-order chi connectivity index (χ1) is 10.2. The number of Topliss-reactive ketones (excluding diaryl/α,β-unsaturated/α-hetero) is 1. The van der Waals surface area contributed by atoms with Crippen molar-refractivity contribution in [2.75, 3.05) is 13.7 Å². The van der Waals surface area contributed by atoms with Gasteiger partial charge in [-0.3, -0.25) is 4.79 Å². The van der Waals surface area contributed by atoms with Gasteiger partial charge in [0.25, 0.3) is 0 Å². The van der Waals surface area contributed by atoms with Crippen molar-refractivity contribution < 1.29 is 14.3 Å². The average Bonchev–Trinajstić information content (AvgIpc) is 2.52. The van der Waals surface area contributed by atoms with Gasteiger partial charge in [-0.2, -0.15) is 0 Å². The Bertz CT molecular complexity index is 444. The van der Waals surface area contributed by atoms with Crippen molar-refractivity contribution in [3.05, 3.63) is 34.3 Å². The molecular weight excluding hydrogens is 332 g/mol. The summed E-state index contributed by atoms with van der Waals surface area (Å²) in [4.78, 5) is 12.0. The smallest absolute Gasteiger partial charge is 0.162 e. The molecule has 2 rings (SSSR count). The fourth-order valence-electron chi connectivity index (χ4n) is 2.73. The van der Waals surface area contributed by atoms with Crippen LogP contribution in [0.1, 0.15) is 48.9 Å². The Morgan fingerprint density at radius 3 is 2.67 bits per heavy atom. The van der Waals surface area contributed by atoms with Crippen LogP contribution >= 0.6 is 15.9 Å². The second-order valence-electron chi connectivity index (χ2n) is 5.55. The zero-order valence-electron chi connectivity index (χ0n) is 12.5. The minimum atomic E-state index is 0.185. The number of hydrogen-bond acceptors (Lipinski definition) is 3. The van der Waals surface area contributed by atoms with Gasteiger partial charge in [-0.25, -0.2) is 0 Å². The molecule has 0 amide bonds. The number of halogens is 1. The first-order valence-electron chi connectivity index (χ1n) is 7.62. The summed E-state index contributed by atoms with van der Waals surface area (Å²) in [6.45, 7) is 0.656. The molecule has 1 aromatic rings. The van der Waals surface area contributed by atoms with E-state index >= 15 is 0 Å². The van der Waals surface area contributed by atoms with Crippen molar-refractivity contribution in [2.45, 2.75) is 50.7 Å². The van der Waals surface area contributed by atoms with E-state index in [2.05, 4.69) is 15.9 Å². The lowest BCUT2D eigenvalue weighted by Gasteiger charge is -2.28. The van der Waals surface area contributed by atoms with Gasteiger partial charge in [0.2, 0.25) is 0 Å². The maximum atomic E-state index is 12.0. The monoisotopic (exact) mass is 354 g/mol. The van der Waals surface area contributed by atoms with Crippen molar-refractivity contribution in [3.8, 4) is 0 Å². The number of ketones is 1. The summed E-state index contributed by atoms with van der Waals surface area (Å²) in [5.74, 6) is 0.185. The molecule has 0 radical (unpaired) electrons. The summed E-state index contributed by atoms with van der Waals surface area (Å²) in [5.41, 5.74) is 0.773. The van der Waals surface area contributed by atoms with Crippen LogP contribution < -0.4 is 0 Å². The van der Waals surface area contributed by atoms with E-state index in [1.807, 2.05) is 24.3 Å². The van der Waals surface area contributed by atoms with Crippen LogP contribution in [0.5, 0.6) is 0 Å². The molecule has 0 N–H and O–H groups in total. The van der Waals surface area contributed by atoms with Crippen LogP contribution in [0.2, 0.25) is 0 Å². The topological polar surface area (TPSA) is 35.5 Å². The first-order valence-corrected chi connectivity index (χ1v) is 8.41. The van der Waals surface area contributed by atoms with Gasteiger partial charge in [0.05, 0.1) is 12.2 Å². The van der Waals surface area contributed by atoms with Gasteiger partial charge < -0.3 is 9.47 Å². The molecule has 4 heteroatoms. The molecule has 0 heterocycles. The van der Waals surface area contributed by atoms with E-state index in [-0.39, 0.29) is 5.78 Å². The molecule has 1 aliphatic rings. The van der Waals surface area contributed by atoms with Crippen LogP contribution in [0, 0.1) is 0 Å². The van der Waals surface area contributed by atoms with Gasteiger partial charge in [0.1, 0.15) is 0 Å².